The first-order chi connectivity index (χ1) is 7.07. The fourth-order valence-corrected chi connectivity index (χ4v) is 0. The van der Waals surface area contributed by atoms with Gasteiger partial charge >= 0.3 is 37.0 Å². The first-order valence-corrected chi connectivity index (χ1v) is 1.83. The van der Waals surface area contributed by atoms with Crippen LogP contribution in [0.15, 0.2) is 26.7 Å². The second kappa shape index (κ2) is 263. The van der Waals surface area contributed by atoms with Crippen molar-refractivity contribution in [1.29, 1.82) is 0 Å². The maximum Gasteiger partial charge on any atom is 4.00 e. The molecular formula is CN5NaO10. The van der Waals surface area contributed by atoms with Gasteiger partial charge in [0.25, 0.3) is 0 Å². The van der Waals surface area contributed by atoms with E-state index in [0.29, 0.717) is 0 Å². The van der Waals surface area contributed by atoms with Crippen molar-refractivity contribution in [2.45, 2.75) is 0 Å². The second-order valence-corrected chi connectivity index (χ2v) is 0.373. The van der Waals surface area contributed by atoms with E-state index >= 15 is 0 Å². The van der Waals surface area contributed by atoms with Crippen molar-refractivity contribution in [2.24, 2.45) is 26.7 Å². The van der Waals surface area contributed by atoms with Gasteiger partial charge in [-0.25, -0.2) is 0 Å². The summed E-state index contributed by atoms with van der Waals surface area (Å²) in [6.45, 7) is 0. The Hall–Kier alpha value is -2.00. The van der Waals surface area contributed by atoms with Gasteiger partial charge in [0.15, 0.2) is 0 Å². The van der Waals surface area contributed by atoms with Crippen molar-refractivity contribution < 1.29 is 29.6 Å². The zero-order valence-corrected chi connectivity index (χ0v) is 9.82. The summed E-state index contributed by atoms with van der Waals surface area (Å²) in [5.41, 5.74) is 0. The summed E-state index contributed by atoms with van der Waals surface area (Å²) in [6.07, 6.45) is 0. The molecule has 0 unspecified atom stereocenters. The minimum Gasteiger partial charge on any atom is -0.444 e. The average Bonchev–Trinajstić information content (AvgIpc) is 2.09. The van der Waals surface area contributed by atoms with E-state index in [2.05, 4.69) is 0 Å². The van der Waals surface area contributed by atoms with Crippen LogP contribution in [0.1, 0.15) is 0 Å². The third kappa shape index (κ3) is 504. The quantitative estimate of drug-likeness (QED) is 0.272. The molecule has 0 saturated heterocycles. The molecule has 0 atom stereocenters. The van der Waals surface area contributed by atoms with Crippen molar-refractivity contribution in [1.82, 2.24) is 0 Å². The van der Waals surface area contributed by atoms with Crippen LogP contribution in [-0.2, 0) is 0 Å². The maximum atomic E-state index is 8.00. The first-order valence-electron chi connectivity index (χ1n) is 1.83. The van der Waals surface area contributed by atoms with Gasteiger partial charge in [-0.2, -0.15) is 0 Å². The Balaban J connectivity index is -0.0000000143. The summed E-state index contributed by atoms with van der Waals surface area (Å²) < 4.78 is 0. The average molecular weight is 265 g/mol. The van der Waals surface area contributed by atoms with Crippen LogP contribution in [-0.4, -0.2) is 0 Å². The third-order valence-electron chi connectivity index (χ3n) is 0. The smallest absolute Gasteiger partial charge is 0.444 e. The Morgan fingerprint density at radius 3 is 0.471 bits per heavy atom. The zero-order valence-electron chi connectivity index (χ0n) is 7.82. The molecule has 0 saturated carbocycles. The molecule has 0 rings (SSSR count). The molecule has 90 valence electrons. The largest absolute Gasteiger partial charge is 4.00 e. The zero-order chi connectivity index (χ0) is 13.5. The van der Waals surface area contributed by atoms with E-state index in [9.17, 15) is 0 Å². The van der Waals surface area contributed by atoms with Gasteiger partial charge in [-0.05, 0) is 0 Å². The number of hydrogen-bond donors (Lipinski definition) is 0. The summed E-state index contributed by atoms with van der Waals surface area (Å²) in [7, 11) is 0. The Bertz CT molecular complexity index is 97.0. The first kappa shape index (κ1) is 45.9. The van der Waals surface area contributed by atoms with Crippen molar-refractivity contribution >= 4 is 0 Å². The predicted molar refractivity (Wildman–Crippen MR) is 49.1 cm³/mol. The monoisotopic (exact) mass is 265 g/mol. The van der Waals surface area contributed by atoms with Gasteiger partial charge in [-0.15, -0.1) is 26.7 Å². The summed E-state index contributed by atoms with van der Waals surface area (Å²) in [5, 5.41) is 45.0. The summed E-state index contributed by atoms with van der Waals surface area (Å²) in [5.74, 6) is 0. The Morgan fingerprint density at radius 1 is 0.471 bits per heavy atom. The molecule has 0 aromatic heterocycles. The van der Waals surface area contributed by atoms with Crippen LogP contribution in [0.25, 0.3) is 0 Å². The van der Waals surface area contributed by atoms with Crippen LogP contribution in [0, 0.1) is 58.0 Å². The molecule has 0 aliphatic heterocycles. The minimum absolute atomic E-state index is 0. The van der Waals surface area contributed by atoms with Crippen molar-refractivity contribution in [3.05, 3.63) is 58.0 Å². The molecule has 0 aromatic rings. The van der Waals surface area contributed by atoms with Crippen LogP contribution in [0.2, 0.25) is 0 Å². The van der Waals surface area contributed by atoms with Crippen LogP contribution in [0.4, 0.5) is 0 Å². The van der Waals surface area contributed by atoms with Crippen LogP contribution in [0.3, 0.4) is 0 Å². The van der Waals surface area contributed by atoms with E-state index in [0.717, 1.165) is 26.7 Å². The normalized spacial score (nSPS) is 3.53. The van der Waals surface area contributed by atoms with Gasteiger partial charge in [0, 0.05) is 0 Å². The SMILES string of the molecule is O=N[O-].O=N[O-].O=N[O-].O=N[O-].O=N[O-].[C+4].[Na+]. The molecule has 0 amide bonds. The summed E-state index contributed by atoms with van der Waals surface area (Å²) >= 11 is 0. The fourth-order valence-electron chi connectivity index (χ4n) is 0. The Labute approximate surface area is 114 Å². The number of nitrogens with zero attached hydrogens (tertiary/aromatic N) is 5. The molecule has 0 spiro atoms. The molecule has 0 aliphatic carbocycles. The van der Waals surface area contributed by atoms with Gasteiger partial charge in [-0.1, -0.05) is 0 Å². The minimum atomic E-state index is 0. The van der Waals surface area contributed by atoms with E-state index in [-0.39, 0.29) is 37.0 Å². The Morgan fingerprint density at radius 2 is 0.471 bits per heavy atom. The molecule has 0 fully saturated rings. The molecule has 16 heteroatoms. The van der Waals surface area contributed by atoms with Crippen molar-refractivity contribution in [3.8, 4) is 0 Å². The molecule has 0 aromatic carbocycles. The van der Waals surface area contributed by atoms with Gasteiger partial charge in [0.2, 0.25) is 0 Å². The molecule has 0 radical (unpaired) electrons. The van der Waals surface area contributed by atoms with Gasteiger partial charge < -0.3 is 50.6 Å². The van der Waals surface area contributed by atoms with E-state index in [4.69, 9.17) is 50.6 Å². The molecule has 0 heterocycles. The van der Waals surface area contributed by atoms with E-state index in [1.54, 1.807) is 0 Å². The van der Waals surface area contributed by atoms with Gasteiger partial charge in [0.05, 0.1) is 0 Å². The standard InChI is InChI=1S/C.5HNO2.Na/c;5*2-1-3;/h;5*(H,2,3);/q+4;;;;;;+1/p-5. The molecule has 0 bridgehead atoms. The molecule has 0 aliphatic rings. The van der Waals surface area contributed by atoms with Crippen molar-refractivity contribution in [2.75, 3.05) is 0 Å². The molecule has 15 nitrogen and oxygen atoms in total. The second-order valence-electron chi connectivity index (χ2n) is 0.373. The van der Waals surface area contributed by atoms with Crippen molar-refractivity contribution in [3.63, 3.8) is 0 Å². The Kier molecular flexibility index (Phi) is 710. The van der Waals surface area contributed by atoms with Crippen LogP contribution < -0.4 is 29.6 Å². The fraction of sp³-hybridized carbons (Fsp3) is 0. The number of hydrogen-bond acceptors (Lipinski definition) is 15. The van der Waals surface area contributed by atoms with Gasteiger partial charge in [-0.3, -0.25) is 0 Å². The summed E-state index contributed by atoms with van der Waals surface area (Å²) in [4.78, 5) is 40.0. The molecule has 17 heavy (non-hydrogen) atoms. The summed E-state index contributed by atoms with van der Waals surface area (Å²) in [6, 6.07) is 0. The third-order valence-corrected chi connectivity index (χ3v) is 0. The predicted octanol–water partition coefficient (Wildman–Crippen LogP) is -1.66. The molecular weight excluding hydrogens is 265 g/mol. The number of rotatable bonds is 0. The van der Waals surface area contributed by atoms with Crippen LogP contribution in [0.5, 0.6) is 0 Å². The van der Waals surface area contributed by atoms with E-state index in [1.807, 2.05) is 0 Å². The maximum absolute atomic E-state index is 8.00. The van der Waals surface area contributed by atoms with Gasteiger partial charge in [0.1, 0.15) is 0 Å². The molecule has 0 N–H and O–H groups in total. The van der Waals surface area contributed by atoms with Crippen LogP contribution >= 0.6 is 0 Å². The topological polar surface area (TPSA) is 262 Å². The van der Waals surface area contributed by atoms with E-state index in [1.165, 1.54) is 0 Å². The van der Waals surface area contributed by atoms with E-state index < -0.39 is 0 Å².